The Morgan fingerprint density at radius 1 is 1.32 bits per heavy atom. The van der Waals surface area contributed by atoms with Crippen LogP contribution in [0.2, 0.25) is 5.02 Å². The molecule has 0 aromatic heterocycles. The summed E-state index contributed by atoms with van der Waals surface area (Å²) in [7, 11) is 1.54. The lowest BCUT2D eigenvalue weighted by molar-refractivity contribution is -0.126. The first-order valence-electron chi connectivity index (χ1n) is 6.03. The number of carbonyl (C=O) groups is 1. The number of nitrogens with one attached hydrogen (secondary N) is 1. The van der Waals surface area contributed by atoms with E-state index in [0.29, 0.717) is 16.5 Å². The molecule has 0 atom stereocenters. The molecule has 0 heterocycles. The standard InChI is InChI=1S/C14H21ClN2O2/c1-13(2,14(3,4)16)12(18)17-10-8-9(15)6-7-11(10)19-5/h6-8H,16H2,1-5H3,(H,17,18). The van der Waals surface area contributed by atoms with Crippen molar-refractivity contribution in [3.8, 4) is 5.75 Å². The van der Waals surface area contributed by atoms with E-state index in [4.69, 9.17) is 22.1 Å². The van der Waals surface area contributed by atoms with Gasteiger partial charge < -0.3 is 15.8 Å². The highest BCUT2D eigenvalue weighted by atomic mass is 35.5. The number of benzene rings is 1. The lowest BCUT2D eigenvalue weighted by atomic mass is 9.74. The van der Waals surface area contributed by atoms with Crippen LogP contribution in [-0.2, 0) is 4.79 Å². The van der Waals surface area contributed by atoms with E-state index < -0.39 is 11.0 Å². The van der Waals surface area contributed by atoms with Crippen molar-refractivity contribution in [2.75, 3.05) is 12.4 Å². The Balaban J connectivity index is 3.03. The normalized spacial score (nSPS) is 12.2. The topological polar surface area (TPSA) is 64.3 Å². The Hall–Kier alpha value is -1.26. The van der Waals surface area contributed by atoms with Crippen LogP contribution in [0.1, 0.15) is 27.7 Å². The molecule has 1 aromatic carbocycles. The molecule has 0 bridgehead atoms. The van der Waals surface area contributed by atoms with Gasteiger partial charge in [0.05, 0.1) is 18.2 Å². The number of methoxy groups -OCH3 is 1. The van der Waals surface area contributed by atoms with Gasteiger partial charge in [-0.2, -0.15) is 0 Å². The largest absolute Gasteiger partial charge is 0.495 e. The summed E-state index contributed by atoms with van der Waals surface area (Å²) >= 11 is 5.93. The van der Waals surface area contributed by atoms with Gasteiger partial charge in [-0.3, -0.25) is 4.79 Å². The number of ether oxygens (including phenoxy) is 1. The second-order valence-electron chi connectivity index (χ2n) is 5.65. The van der Waals surface area contributed by atoms with E-state index >= 15 is 0 Å². The molecule has 0 fully saturated rings. The predicted molar refractivity (Wildman–Crippen MR) is 78.7 cm³/mol. The molecule has 1 aromatic rings. The molecule has 0 saturated heterocycles. The van der Waals surface area contributed by atoms with Crippen LogP contribution in [0.3, 0.4) is 0 Å². The molecular formula is C14H21ClN2O2. The third kappa shape index (κ3) is 3.39. The number of hydrogen-bond acceptors (Lipinski definition) is 3. The van der Waals surface area contributed by atoms with Gasteiger partial charge in [0.2, 0.25) is 5.91 Å². The predicted octanol–water partition coefficient (Wildman–Crippen LogP) is 3.05. The fraction of sp³-hybridized carbons (Fsp3) is 0.500. The molecule has 0 aliphatic rings. The lowest BCUT2D eigenvalue weighted by Gasteiger charge is -2.37. The van der Waals surface area contributed by atoms with Crippen LogP contribution < -0.4 is 15.8 Å². The van der Waals surface area contributed by atoms with Crippen molar-refractivity contribution in [1.82, 2.24) is 0 Å². The molecule has 106 valence electrons. The van der Waals surface area contributed by atoms with Crippen LogP contribution in [0.5, 0.6) is 5.75 Å². The highest BCUT2D eigenvalue weighted by Gasteiger charge is 2.40. The first-order valence-corrected chi connectivity index (χ1v) is 6.41. The monoisotopic (exact) mass is 284 g/mol. The average Bonchev–Trinajstić information content (AvgIpc) is 2.27. The van der Waals surface area contributed by atoms with E-state index in [2.05, 4.69) is 5.32 Å². The highest BCUT2D eigenvalue weighted by molar-refractivity contribution is 6.31. The number of rotatable bonds is 4. The van der Waals surface area contributed by atoms with Gasteiger partial charge in [-0.05, 0) is 45.9 Å². The number of carbonyl (C=O) groups excluding carboxylic acids is 1. The van der Waals surface area contributed by atoms with E-state index in [1.54, 1.807) is 32.0 Å². The smallest absolute Gasteiger partial charge is 0.231 e. The average molecular weight is 285 g/mol. The van der Waals surface area contributed by atoms with Gasteiger partial charge in [0.1, 0.15) is 5.75 Å². The van der Waals surface area contributed by atoms with Crippen molar-refractivity contribution in [3.63, 3.8) is 0 Å². The van der Waals surface area contributed by atoms with Gasteiger partial charge in [-0.15, -0.1) is 0 Å². The van der Waals surface area contributed by atoms with Gasteiger partial charge in [-0.25, -0.2) is 0 Å². The number of hydrogen-bond donors (Lipinski definition) is 2. The molecule has 3 N–H and O–H groups in total. The summed E-state index contributed by atoms with van der Waals surface area (Å²) in [6.45, 7) is 7.25. The van der Waals surface area contributed by atoms with Crippen LogP contribution in [0, 0.1) is 5.41 Å². The van der Waals surface area contributed by atoms with Gasteiger partial charge >= 0.3 is 0 Å². The first kappa shape index (κ1) is 15.8. The number of amides is 1. The van der Waals surface area contributed by atoms with Crippen molar-refractivity contribution < 1.29 is 9.53 Å². The van der Waals surface area contributed by atoms with Crippen LogP contribution >= 0.6 is 11.6 Å². The summed E-state index contributed by atoms with van der Waals surface area (Å²) in [5.74, 6) is 0.379. The zero-order chi connectivity index (χ0) is 14.8. The van der Waals surface area contributed by atoms with E-state index in [1.807, 2.05) is 13.8 Å². The van der Waals surface area contributed by atoms with Crippen molar-refractivity contribution in [1.29, 1.82) is 0 Å². The van der Waals surface area contributed by atoms with E-state index in [9.17, 15) is 4.79 Å². The maximum absolute atomic E-state index is 12.4. The minimum atomic E-state index is -0.736. The summed E-state index contributed by atoms with van der Waals surface area (Å²) in [6.07, 6.45) is 0. The molecular weight excluding hydrogens is 264 g/mol. The molecule has 1 amide bonds. The van der Waals surface area contributed by atoms with Gasteiger partial charge in [0.25, 0.3) is 0 Å². The number of anilines is 1. The summed E-state index contributed by atoms with van der Waals surface area (Å²) < 4.78 is 5.19. The second-order valence-corrected chi connectivity index (χ2v) is 6.08. The molecule has 1 rings (SSSR count). The third-order valence-electron chi connectivity index (χ3n) is 3.59. The van der Waals surface area contributed by atoms with Crippen LogP contribution in [0.4, 0.5) is 5.69 Å². The quantitative estimate of drug-likeness (QED) is 0.893. The number of halogens is 1. The van der Waals surface area contributed by atoms with Crippen LogP contribution in [0.15, 0.2) is 18.2 Å². The summed E-state index contributed by atoms with van der Waals surface area (Å²) in [4.78, 5) is 12.4. The Kier molecular flexibility index (Phi) is 4.48. The minimum Gasteiger partial charge on any atom is -0.495 e. The zero-order valence-corrected chi connectivity index (χ0v) is 12.8. The van der Waals surface area contributed by atoms with Gasteiger partial charge in [0.15, 0.2) is 0 Å². The SMILES string of the molecule is COc1ccc(Cl)cc1NC(=O)C(C)(C)C(C)(C)N. The molecule has 0 radical (unpaired) electrons. The van der Waals surface area contributed by atoms with Gasteiger partial charge in [0, 0.05) is 10.6 Å². The zero-order valence-electron chi connectivity index (χ0n) is 12.0. The van der Waals surface area contributed by atoms with E-state index in [0.717, 1.165) is 0 Å². The van der Waals surface area contributed by atoms with Crippen molar-refractivity contribution in [2.45, 2.75) is 33.2 Å². The Morgan fingerprint density at radius 3 is 2.37 bits per heavy atom. The molecule has 0 saturated carbocycles. The molecule has 5 heteroatoms. The first-order chi connectivity index (χ1) is 8.59. The Labute approximate surface area is 119 Å². The fourth-order valence-corrected chi connectivity index (χ4v) is 1.52. The van der Waals surface area contributed by atoms with Crippen molar-refractivity contribution in [3.05, 3.63) is 23.2 Å². The Morgan fingerprint density at radius 2 is 1.89 bits per heavy atom. The lowest BCUT2D eigenvalue weighted by Crippen LogP contribution is -2.53. The van der Waals surface area contributed by atoms with Crippen molar-refractivity contribution in [2.24, 2.45) is 11.1 Å². The fourth-order valence-electron chi connectivity index (χ4n) is 1.35. The van der Waals surface area contributed by atoms with Gasteiger partial charge in [-0.1, -0.05) is 11.6 Å². The highest BCUT2D eigenvalue weighted by Crippen LogP contribution is 2.33. The van der Waals surface area contributed by atoms with Crippen molar-refractivity contribution >= 4 is 23.2 Å². The van der Waals surface area contributed by atoms with Crippen LogP contribution in [0.25, 0.3) is 0 Å². The van der Waals surface area contributed by atoms with E-state index in [1.165, 1.54) is 7.11 Å². The number of nitrogens with two attached hydrogens (primary N) is 1. The second kappa shape index (κ2) is 5.39. The molecule has 4 nitrogen and oxygen atoms in total. The summed E-state index contributed by atoms with van der Waals surface area (Å²) in [6, 6.07) is 5.06. The Bertz CT molecular complexity index is 479. The molecule has 0 spiro atoms. The maximum Gasteiger partial charge on any atom is 0.231 e. The molecule has 0 unspecified atom stereocenters. The van der Waals surface area contributed by atoms with E-state index in [-0.39, 0.29) is 5.91 Å². The molecule has 19 heavy (non-hydrogen) atoms. The van der Waals surface area contributed by atoms with Crippen LogP contribution in [-0.4, -0.2) is 18.6 Å². The summed E-state index contributed by atoms with van der Waals surface area (Å²) in [5, 5.41) is 3.35. The minimum absolute atomic E-state index is 0.180. The molecule has 0 aliphatic carbocycles. The summed E-state index contributed by atoms with van der Waals surface area (Å²) in [5.41, 5.74) is 5.20. The third-order valence-corrected chi connectivity index (χ3v) is 3.82. The maximum atomic E-state index is 12.4. The molecule has 0 aliphatic heterocycles.